The largest absolute Gasteiger partial charge is 0.500 e. The molecule has 3 N–H and O–H groups in total. The van der Waals surface area contributed by atoms with Gasteiger partial charge in [0.2, 0.25) is 11.6 Å². The predicted octanol–water partition coefficient (Wildman–Crippen LogP) is 3.63. The molecule has 2 aromatic rings. The normalized spacial score (nSPS) is 17.0. The zero-order valence-electron chi connectivity index (χ0n) is 16.1. The zero-order valence-corrected chi connectivity index (χ0v) is 18.5. The number of hydrogen-bond donors (Lipinski definition) is 3. The first kappa shape index (κ1) is 23.2. The van der Waals surface area contributed by atoms with Crippen molar-refractivity contribution in [2.24, 2.45) is 0 Å². The Morgan fingerprint density at radius 1 is 1.35 bits per heavy atom. The number of aromatic nitrogens is 2. The lowest BCUT2D eigenvalue weighted by Gasteiger charge is -2.33. The molecule has 0 spiro atoms. The van der Waals surface area contributed by atoms with Gasteiger partial charge in [-0.15, -0.1) is 0 Å². The summed E-state index contributed by atoms with van der Waals surface area (Å²) in [4.78, 5) is 38.0. The van der Waals surface area contributed by atoms with E-state index < -0.39 is 30.7 Å². The molecule has 0 radical (unpaired) electrons. The fourth-order valence-corrected chi connectivity index (χ4v) is 3.86. The summed E-state index contributed by atoms with van der Waals surface area (Å²) in [5.41, 5.74) is 0.108. The number of hydroxylamine groups is 2. The van der Waals surface area contributed by atoms with Crippen molar-refractivity contribution in [3.63, 3.8) is 0 Å². The standard InChI is InChI=1S/C16H15Cl2N4O8P/c1-6-11(14(18)21(28-3)7(2)12(6)17)15-19-16(29-20-15)8-4-9(22(24)25)13(23)10(5-8)30-31(26)27/h4-5,7,23,26-27H,1-3H3. The smallest absolute Gasteiger partial charge is 0.391 e. The molecule has 12 nitrogen and oxygen atoms in total. The minimum absolute atomic E-state index is 0.0210. The van der Waals surface area contributed by atoms with Gasteiger partial charge in [-0.1, -0.05) is 28.4 Å². The summed E-state index contributed by atoms with van der Waals surface area (Å²) in [7, 11) is -1.54. The molecule has 1 aromatic carbocycles. The predicted molar refractivity (Wildman–Crippen MR) is 110 cm³/mol. The van der Waals surface area contributed by atoms with Crippen LogP contribution in [-0.2, 0) is 4.84 Å². The van der Waals surface area contributed by atoms with Crippen LogP contribution in [0.5, 0.6) is 11.5 Å². The van der Waals surface area contributed by atoms with Gasteiger partial charge >= 0.3 is 14.3 Å². The fourth-order valence-electron chi connectivity index (χ4n) is 2.92. The molecule has 0 saturated heterocycles. The van der Waals surface area contributed by atoms with Crippen molar-refractivity contribution < 1.29 is 33.7 Å². The summed E-state index contributed by atoms with van der Waals surface area (Å²) in [5, 5.41) is 27.0. The highest BCUT2D eigenvalue weighted by Crippen LogP contribution is 2.45. The Morgan fingerprint density at radius 3 is 2.61 bits per heavy atom. The van der Waals surface area contributed by atoms with E-state index in [-0.39, 0.29) is 28.5 Å². The lowest BCUT2D eigenvalue weighted by atomic mass is 10.0. The van der Waals surface area contributed by atoms with Gasteiger partial charge < -0.3 is 23.9 Å². The number of hydrogen-bond acceptors (Lipinski definition) is 11. The maximum atomic E-state index is 11.3. The van der Waals surface area contributed by atoms with E-state index >= 15 is 0 Å². The number of nitro groups is 1. The minimum Gasteiger partial charge on any atom is -0.500 e. The van der Waals surface area contributed by atoms with Gasteiger partial charge in [-0.05, 0) is 25.5 Å². The van der Waals surface area contributed by atoms with E-state index in [9.17, 15) is 15.2 Å². The number of phenols is 1. The second-order valence-corrected chi connectivity index (χ2v) is 7.64. The molecule has 31 heavy (non-hydrogen) atoms. The third kappa shape index (κ3) is 4.31. The number of aromatic hydroxyl groups is 1. The first-order valence-electron chi connectivity index (χ1n) is 8.38. The fraction of sp³-hybridized carbons (Fsp3) is 0.250. The molecule has 3 rings (SSSR count). The summed E-state index contributed by atoms with van der Waals surface area (Å²) in [5.74, 6) is -1.60. The molecular weight excluding hydrogens is 478 g/mol. The highest BCUT2D eigenvalue weighted by atomic mass is 35.5. The van der Waals surface area contributed by atoms with Crippen molar-refractivity contribution in [3.05, 3.63) is 43.8 Å². The van der Waals surface area contributed by atoms with Gasteiger partial charge in [0.05, 0.1) is 29.2 Å². The summed E-state index contributed by atoms with van der Waals surface area (Å²) >= 11 is 12.8. The second-order valence-electron chi connectivity index (χ2n) is 6.19. The number of benzene rings is 1. The maximum Gasteiger partial charge on any atom is 0.391 e. The van der Waals surface area contributed by atoms with Crippen LogP contribution in [0.2, 0.25) is 0 Å². The topological polar surface area (TPSA) is 164 Å². The van der Waals surface area contributed by atoms with Crippen LogP contribution < -0.4 is 4.52 Å². The van der Waals surface area contributed by atoms with Crippen LogP contribution >= 0.6 is 31.8 Å². The van der Waals surface area contributed by atoms with Gasteiger partial charge in [0.1, 0.15) is 5.16 Å². The molecule has 1 aromatic heterocycles. The summed E-state index contributed by atoms with van der Waals surface area (Å²) in [6.07, 6.45) is 0. The van der Waals surface area contributed by atoms with Crippen molar-refractivity contribution in [2.75, 3.05) is 7.11 Å². The quantitative estimate of drug-likeness (QED) is 0.233. The van der Waals surface area contributed by atoms with Gasteiger partial charge in [-0.3, -0.25) is 15.0 Å². The van der Waals surface area contributed by atoms with Crippen LogP contribution in [0.1, 0.15) is 19.7 Å². The van der Waals surface area contributed by atoms with Gasteiger partial charge in [-0.25, -0.2) is 5.06 Å². The van der Waals surface area contributed by atoms with Gasteiger partial charge in [0.15, 0.2) is 5.75 Å². The third-order valence-corrected chi connectivity index (χ3v) is 5.69. The number of nitro benzene ring substituents is 1. The molecule has 0 aliphatic carbocycles. The number of nitrogens with zero attached hydrogens (tertiary/aromatic N) is 4. The summed E-state index contributed by atoms with van der Waals surface area (Å²) in [6, 6.07) is 1.69. The lowest BCUT2D eigenvalue weighted by Crippen LogP contribution is -2.34. The average Bonchev–Trinajstić information content (AvgIpc) is 3.17. The molecule has 1 aliphatic rings. The van der Waals surface area contributed by atoms with Crippen LogP contribution in [0.25, 0.3) is 17.0 Å². The Labute approximate surface area is 186 Å². The van der Waals surface area contributed by atoms with Crippen LogP contribution in [0, 0.1) is 10.1 Å². The Kier molecular flexibility index (Phi) is 6.70. The SMILES string of the molecule is CON1C(Cl)=C(c2noc(-c3cc(OP(O)O)c(O)c([N+](=O)[O-])c3)n2)C(C)=C(Cl)C1C. The summed E-state index contributed by atoms with van der Waals surface area (Å²) in [6.45, 7) is 3.49. The van der Waals surface area contributed by atoms with Crippen LogP contribution in [0.4, 0.5) is 5.69 Å². The molecular formula is C16H15Cl2N4O8P. The molecule has 1 atom stereocenters. The first-order chi connectivity index (χ1) is 14.6. The molecule has 2 heterocycles. The van der Waals surface area contributed by atoms with E-state index in [4.69, 9.17) is 42.3 Å². The molecule has 166 valence electrons. The first-order valence-corrected chi connectivity index (χ1v) is 10.3. The molecule has 0 saturated carbocycles. The van der Waals surface area contributed by atoms with Gasteiger partial charge in [0, 0.05) is 11.1 Å². The second kappa shape index (κ2) is 8.95. The van der Waals surface area contributed by atoms with Gasteiger partial charge in [-0.2, -0.15) is 4.98 Å². The highest BCUT2D eigenvalue weighted by Gasteiger charge is 2.33. The molecule has 1 unspecified atom stereocenters. The van der Waals surface area contributed by atoms with Gasteiger partial charge in [0.25, 0.3) is 5.89 Å². The Morgan fingerprint density at radius 2 is 2.03 bits per heavy atom. The van der Waals surface area contributed by atoms with Crippen molar-refractivity contribution in [2.45, 2.75) is 19.9 Å². The van der Waals surface area contributed by atoms with Crippen molar-refractivity contribution >= 4 is 43.1 Å². The van der Waals surface area contributed by atoms with E-state index in [1.807, 2.05) is 0 Å². The maximum absolute atomic E-state index is 11.3. The molecule has 0 bridgehead atoms. The van der Waals surface area contributed by atoms with E-state index in [0.717, 1.165) is 12.1 Å². The van der Waals surface area contributed by atoms with Crippen LogP contribution in [0.15, 0.2) is 32.4 Å². The molecule has 0 fully saturated rings. The van der Waals surface area contributed by atoms with Crippen LogP contribution in [-0.4, -0.2) is 48.2 Å². The number of rotatable bonds is 6. The average molecular weight is 493 g/mol. The van der Waals surface area contributed by atoms with Crippen molar-refractivity contribution in [1.82, 2.24) is 15.2 Å². The Balaban J connectivity index is 2.11. The van der Waals surface area contributed by atoms with E-state index in [2.05, 4.69) is 14.7 Å². The van der Waals surface area contributed by atoms with E-state index in [1.54, 1.807) is 13.8 Å². The van der Waals surface area contributed by atoms with Crippen molar-refractivity contribution in [1.29, 1.82) is 0 Å². The lowest BCUT2D eigenvalue weighted by molar-refractivity contribution is -0.385. The molecule has 1 aliphatic heterocycles. The van der Waals surface area contributed by atoms with E-state index in [1.165, 1.54) is 12.2 Å². The summed E-state index contributed by atoms with van der Waals surface area (Å²) < 4.78 is 9.87. The number of allylic oxidation sites excluding steroid dienone is 2. The van der Waals surface area contributed by atoms with E-state index in [0.29, 0.717) is 16.2 Å². The molecule has 15 heteroatoms. The third-order valence-electron chi connectivity index (χ3n) is 4.38. The van der Waals surface area contributed by atoms with Crippen molar-refractivity contribution in [3.8, 4) is 23.0 Å². The number of halogens is 2. The molecule has 0 amide bonds. The Hall–Kier alpha value is -2.47. The van der Waals surface area contributed by atoms with Crippen LogP contribution in [0.3, 0.4) is 0 Å². The highest BCUT2D eigenvalue weighted by molar-refractivity contribution is 7.39. The minimum atomic E-state index is -2.95. The number of phenolic OH excluding ortho intramolecular Hbond substituents is 1. The Bertz CT molecular complexity index is 1100. The zero-order chi connectivity index (χ0) is 23.0. The monoisotopic (exact) mass is 492 g/mol.